The third-order valence-corrected chi connectivity index (χ3v) is 1.98. The van der Waals surface area contributed by atoms with E-state index in [1.54, 1.807) is 6.07 Å². The molecule has 1 aromatic carbocycles. The van der Waals surface area contributed by atoms with Gasteiger partial charge in [0, 0.05) is 5.56 Å². The zero-order chi connectivity index (χ0) is 10.8. The molecule has 0 aliphatic rings. The van der Waals surface area contributed by atoms with Crippen LogP contribution in [0.3, 0.4) is 0 Å². The molecule has 0 saturated carbocycles. The zero-order valence-corrected chi connectivity index (χ0v) is 7.95. The van der Waals surface area contributed by atoms with Gasteiger partial charge in [0.1, 0.15) is 5.75 Å². The number of halogens is 1. The van der Waals surface area contributed by atoms with Crippen LogP contribution < -0.4 is 0 Å². The maximum absolute atomic E-state index is 13.8. The summed E-state index contributed by atoms with van der Waals surface area (Å²) in [5, 5.41) is 9.34. The van der Waals surface area contributed by atoms with Crippen molar-refractivity contribution in [3.63, 3.8) is 0 Å². The van der Waals surface area contributed by atoms with E-state index < -0.39 is 11.6 Å². The molecular weight excluding hydrogens is 187 g/mol. The molecule has 0 aliphatic heterocycles. The van der Waals surface area contributed by atoms with Crippen LogP contribution in [0.25, 0.3) is 0 Å². The van der Waals surface area contributed by atoms with Crippen molar-refractivity contribution < 1.29 is 19.0 Å². The minimum Gasteiger partial charge on any atom is -0.508 e. The Morgan fingerprint density at radius 3 is 2.57 bits per heavy atom. The summed E-state index contributed by atoms with van der Waals surface area (Å²) < 4.78 is 18.1. The van der Waals surface area contributed by atoms with Gasteiger partial charge >= 0.3 is 5.97 Å². The Kier molecular flexibility index (Phi) is 2.74. The normalized spacial score (nSPS) is 14.5. The number of phenols is 1. The molecule has 1 unspecified atom stereocenters. The fourth-order valence-electron chi connectivity index (χ4n) is 1.17. The van der Waals surface area contributed by atoms with Crippen molar-refractivity contribution in [3.8, 4) is 5.75 Å². The second kappa shape index (κ2) is 3.65. The lowest BCUT2D eigenvalue weighted by atomic mass is 9.97. The zero-order valence-electron chi connectivity index (χ0n) is 7.95. The minimum atomic E-state index is -2.32. The molecule has 0 bridgehead atoms. The monoisotopic (exact) mass is 198 g/mol. The van der Waals surface area contributed by atoms with E-state index in [1.165, 1.54) is 18.2 Å². The number of esters is 1. The van der Waals surface area contributed by atoms with Gasteiger partial charge in [0.15, 0.2) is 0 Å². The Hall–Kier alpha value is -1.58. The topological polar surface area (TPSA) is 46.5 Å². The summed E-state index contributed by atoms with van der Waals surface area (Å²) in [6.07, 6.45) is 0. The van der Waals surface area contributed by atoms with Crippen molar-refractivity contribution in [2.24, 2.45) is 0 Å². The van der Waals surface area contributed by atoms with Crippen molar-refractivity contribution in [1.29, 1.82) is 0 Å². The number of para-hydroxylation sites is 1. The van der Waals surface area contributed by atoms with E-state index in [1.807, 2.05) is 0 Å². The molecule has 0 heterocycles. The average molecular weight is 198 g/mol. The summed E-state index contributed by atoms with van der Waals surface area (Å²) in [5.74, 6) is -1.29. The van der Waals surface area contributed by atoms with Crippen LogP contribution in [-0.2, 0) is 15.2 Å². The van der Waals surface area contributed by atoms with Gasteiger partial charge in [-0.25, -0.2) is 9.18 Å². The first-order chi connectivity index (χ1) is 6.50. The van der Waals surface area contributed by atoms with E-state index in [4.69, 9.17) is 0 Å². The number of carbonyl (C=O) groups is 1. The predicted octanol–water partition coefficient (Wildman–Crippen LogP) is 1.75. The van der Waals surface area contributed by atoms with Crippen LogP contribution in [0.1, 0.15) is 12.5 Å². The van der Waals surface area contributed by atoms with Crippen LogP contribution >= 0.6 is 0 Å². The number of carbonyl (C=O) groups excluding carboxylic acids is 1. The van der Waals surface area contributed by atoms with Crippen molar-refractivity contribution in [2.75, 3.05) is 7.11 Å². The molecular formula is C10H11FO3. The maximum atomic E-state index is 13.8. The fourth-order valence-corrected chi connectivity index (χ4v) is 1.17. The number of hydrogen-bond donors (Lipinski definition) is 1. The lowest BCUT2D eigenvalue weighted by Gasteiger charge is -2.18. The summed E-state index contributed by atoms with van der Waals surface area (Å²) >= 11 is 0. The Morgan fingerprint density at radius 2 is 2.07 bits per heavy atom. The molecule has 0 aliphatic carbocycles. The number of methoxy groups -OCH3 is 1. The van der Waals surface area contributed by atoms with Gasteiger partial charge in [-0.15, -0.1) is 0 Å². The summed E-state index contributed by atoms with van der Waals surface area (Å²) in [7, 11) is 1.10. The van der Waals surface area contributed by atoms with E-state index >= 15 is 0 Å². The molecule has 4 heteroatoms. The largest absolute Gasteiger partial charge is 0.508 e. The number of phenolic OH excluding ortho intramolecular Hbond substituents is 1. The van der Waals surface area contributed by atoms with E-state index in [9.17, 15) is 14.3 Å². The summed E-state index contributed by atoms with van der Waals surface area (Å²) in [6, 6.07) is 5.74. The van der Waals surface area contributed by atoms with Crippen molar-refractivity contribution in [2.45, 2.75) is 12.6 Å². The SMILES string of the molecule is COC(=O)C(C)(F)c1ccccc1O. The minimum absolute atomic E-state index is 0.0909. The van der Waals surface area contributed by atoms with Crippen molar-refractivity contribution in [1.82, 2.24) is 0 Å². The lowest BCUT2D eigenvalue weighted by molar-refractivity contribution is -0.154. The van der Waals surface area contributed by atoms with Crippen LogP contribution in [-0.4, -0.2) is 18.2 Å². The van der Waals surface area contributed by atoms with Gasteiger partial charge in [-0.05, 0) is 13.0 Å². The van der Waals surface area contributed by atoms with Gasteiger partial charge in [0.2, 0.25) is 5.67 Å². The molecule has 3 nitrogen and oxygen atoms in total. The van der Waals surface area contributed by atoms with Gasteiger partial charge in [-0.2, -0.15) is 0 Å². The highest BCUT2D eigenvalue weighted by Gasteiger charge is 2.38. The van der Waals surface area contributed by atoms with Gasteiger partial charge in [0.05, 0.1) is 7.11 Å². The Morgan fingerprint density at radius 1 is 1.50 bits per heavy atom. The number of aromatic hydroxyl groups is 1. The molecule has 0 aromatic heterocycles. The van der Waals surface area contributed by atoms with Crippen LogP contribution in [0, 0.1) is 0 Å². The fraction of sp³-hybridized carbons (Fsp3) is 0.300. The van der Waals surface area contributed by atoms with Crippen LogP contribution in [0.2, 0.25) is 0 Å². The van der Waals surface area contributed by atoms with Gasteiger partial charge in [0.25, 0.3) is 0 Å². The number of benzene rings is 1. The molecule has 0 spiro atoms. The standard InChI is InChI=1S/C10H11FO3/c1-10(11,9(13)14-2)7-5-3-4-6-8(7)12/h3-6,12H,1-2H3. The smallest absolute Gasteiger partial charge is 0.348 e. The first-order valence-electron chi connectivity index (χ1n) is 4.06. The van der Waals surface area contributed by atoms with Crippen LogP contribution in [0.15, 0.2) is 24.3 Å². The van der Waals surface area contributed by atoms with E-state index in [-0.39, 0.29) is 11.3 Å². The molecule has 1 aromatic rings. The quantitative estimate of drug-likeness (QED) is 0.736. The Balaban J connectivity index is 3.16. The number of alkyl halides is 1. The first-order valence-corrected chi connectivity index (χ1v) is 4.06. The molecule has 1 atom stereocenters. The number of ether oxygens (including phenoxy) is 1. The third-order valence-electron chi connectivity index (χ3n) is 1.98. The summed E-state index contributed by atoms with van der Waals surface area (Å²) in [5.41, 5.74) is -2.41. The second-order valence-corrected chi connectivity index (χ2v) is 3.01. The number of hydrogen-bond acceptors (Lipinski definition) is 3. The van der Waals surface area contributed by atoms with Gasteiger partial charge in [-0.3, -0.25) is 0 Å². The van der Waals surface area contributed by atoms with Gasteiger partial charge < -0.3 is 9.84 Å². The summed E-state index contributed by atoms with van der Waals surface area (Å²) in [4.78, 5) is 11.1. The average Bonchev–Trinajstić information content (AvgIpc) is 2.17. The summed E-state index contributed by atoms with van der Waals surface area (Å²) in [6.45, 7) is 1.05. The second-order valence-electron chi connectivity index (χ2n) is 3.01. The molecule has 1 N–H and O–H groups in total. The Bertz CT molecular complexity index is 347. The lowest BCUT2D eigenvalue weighted by Crippen LogP contribution is -2.28. The highest BCUT2D eigenvalue weighted by Crippen LogP contribution is 2.33. The Labute approximate surface area is 81.1 Å². The molecule has 0 saturated heterocycles. The molecule has 1 rings (SSSR count). The van der Waals surface area contributed by atoms with Gasteiger partial charge in [-0.1, -0.05) is 18.2 Å². The number of rotatable bonds is 2. The van der Waals surface area contributed by atoms with Crippen LogP contribution in [0.4, 0.5) is 4.39 Å². The van der Waals surface area contributed by atoms with E-state index in [2.05, 4.69) is 4.74 Å². The molecule has 76 valence electrons. The maximum Gasteiger partial charge on any atom is 0.348 e. The molecule has 0 radical (unpaired) electrons. The highest BCUT2D eigenvalue weighted by atomic mass is 19.1. The molecule has 0 amide bonds. The predicted molar refractivity (Wildman–Crippen MR) is 48.6 cm³/mol. The molecule has 14 heavy (non-hydrogen) atoms. The highest BCUT2D eigenvalue weighted by molar-refractivity contribution is 5.81. The van der Waals surface area contributed by atoms with E-state index in [0.717, 1.165) is 14.0 Å². The van der Waals surface area contributed by atoms with Crippen molar-refractivity contribution >= 4 is 5.97 Å². The first kappa shape index (κ1) is 10.5. The van der Waals surface area contributed by atoms with Crippen molar-refractivity contribution in [3.05, 3.63) is 29.8 Å². The van der Waals surface area contributed by atoms with Crippen LogP contribution in [0.5, 0.6) is 5.75 Å². The third kappa shape index (κ3) is 1.69. The molecule has 0 fully saturated rings. The van der Waals surface area contributed by atoms with E-state index in [0.29, 0.717) is 0 Å².